The van der Waals surface area contributed by atoms with Gasteiger partial charge in [-0.2, -0.15) is 0 Å². The summed E-state index contributed by atoms with van der Waals surface area (Å²) in [5, 5.41) is 10.5. The molecule has 3 saturated heterocycles. The molecule has 1 saturated carbocycles. The number of aromatic hydroxyl groups is 1. The third-order valence-corrected chi connectivity index (χ3v) is 8.61. The number of nitrogens with zero attached hydrogens (tertiary/aromatic N) is 2. The van der Waals surface area contributed by atoms with Crippen molar-refractivity contribution in [1.29, 1.82) is 0 Å². The van der Waals surface area contributed by atoms with E-state index in [1.807, 2.05) is 11.0 Å². The first-order valence-corrected chi connectivity index (χ1v) is 10.4. The Morgan fingerprint density at radius 3 is 3.03 bits per heavy atom. The van der Waals surface area contributed by atoms with Crippen LogP contribution in [0.25, 0.3) is 0 Å². The lowest BCUT2D eigenvalue weighted by Crippen LogP contribution is -2.69. The van der Waals surface area contributed by atoms with E-state index in [2.05, 4.69) is 11.0 Å². The van der Waals surface area contributed by atoms with Crippen LogP contribution in [0.15, 0.2) is 23.8 Å². The molecule has 0 aromatic heterocycles. The van der Waals surface area contributed by atoms with Crippen LogP contribution in [0, 0.1) is 11.8 Å². The molecule has 6 aliphatic rings. The van der Waals surface area contributed by atoms with Crippen LogP contribution in [0.1, 0.15) is 24.8 Å². The summed E-state index contributed by atoms with van der Waals surface area (Å²) in [4.78, 5) is 18.0. The fraction of sp³-hybridized carbons (Fsp3) is 0.591. The van der Waals surface area contributed by atoms with Gasteiger partial charge in [0.25, 0.3) is 0 Å². The van der Waals surface area contributed by atoms with Crippen molar-refractivity contribution in [1.82, 2.24) is 4.90 Å². The number of halogens is 1. The van der Waals surface area contributed by atoms with Gasteiger partial charge in [0, 0.05) is 30.0 Å². The predicted octanol–water partition coefficient (Wildman–Crippen LogP) is 2.23. The number of hydrogen-bond acceptors (Lipinski definition) is 5. The SMILES string of the molecule is COc1cc2c(cc1O)N1C(=O)C[C@@H]3OCC=C4CN5CC[C@]26[C@@H]5C[C@@H]4[C@@H]3[C@H]16.Cl. The van der Waals surface area contributed by atoms with Gasteiger partial charge in [-0.05, 0) is 36.9 Å². The zero-order valence-electron chi connectivity index (χ0n) is 16.3. The number of carbonyl (C=O) groups is 1. The number of fused-ring (bicyclic) bond motifs is 2. The molecule has 7 rings (SSSR count). The molecule has 1 amide bonds. The summed E-state index contributed by atoms with van der Waals surface area (Å²) < 4.78 is 11.7. The summed E-state index contributed by atoms with van der Waals surface area (Å²) in [6.45, 7) is 2.73. The maximum Gasteiger partial charge on any atom is 0.229 e. The Morgan fingerprint density at radius 2 is 2.21 bits per heavy atom. The van der Waals surface area contributed by atoms with Crippen LogP contribution in [-0.2, 0) is 14.9 Å². The van der Waals surface area contributed by atoms with E-state index in [0.29, 0.717) is 36.7 Å². The van der Waals surface area contributed by atoms with Crippen molar-refractivity contribution < 1.29 is 19.4 Å². The largest absolute Gasteiger partial charge is 0.504 e. The number of rotatable bonds is 1. The number of ether oxygens (including phenoxy) is 2. The number of hydrogen-bond donors (Lipinski definition) is 1. The minimum atomic E-state index is -0.0783. The molecule has 5 heterocycles. The zero-order valence-corrected chi connectivity index (χ0v) is 17.2. The highest BCUT2D eigenvalue weighted by Crippen LogP contribution is 2.66. The maximum atomic E-state index is 13.3. The predicted molar refractivity (Wildman–Crippen MR) is 109 cm³/mol. The van der Waals surface area contributed by atoms with E-state index in [0.717, 1.165) is 31.6 Å². The molecule has 1 spiro atoms. The molecule has 6 atom stereocenters. The average Bonchev–Trinajstić information content (AvgIpc) is 3.14. The first-order chi connectivity index (χ1) is 13.6. The number of piperidine rings is 2. The lowest BCUT2D eigenvalue weighted by molar-refractivity contribution is -0.132. The third-order valence-electron chi connectivity index (χ3n) is 8.61. The lowest BCUT2D eigenvalue weighted by atomic mass is 9.53. The normalized spacial score (nSPS) is 40.7. The Kier molecular flexibility index (Phi) is 3.54. The molecule has 5 aliphatic heterocycles. The molecular formula is C22H25ClN2O4. The van der Waals surface area contributed by atoms with Gasteiger partial charge in [0.15, 0.2) is 11.5 Å². The number of anilines is 1. The topological polar surface area (TPSA) is 62.2 Å². The van der Waals surface area contributed by atoms with Gasteiger partial charge in [0.1, 0.15) is 0 Å². The van der Waals surface area contributed by atoms with Gasteiger partial charge in [-0.15, -0.1) is 12.4 Å². The molecule has 2 bridgehead atoms. The monoisotopic (exact) mass is 416 g/mol. The van der Waals surface area contributed by atoms with E-state index in [1.54, 1.807) is 13.2 Å². The molecule has 1 N–H and O–H groups in total. The van der Waals surface area contributed by atoms with Crippen molar-refractivity contribution in [3.8, 4) is 11.5 Å². The highest BCUT2D eigenvalue weighted by Gasteiger charge is 2.71. The summed E-state index contributed by atoms with van der Waals surface area (Å²) in [6, 6.07) is 4.34. The first kappa shape index (κ1) is 18.0. The van der Waals surface area contributed by atoms with Crippen LogP contribution < -0.4 is 9.64 Å². The molecule has 1 aliphatic carbocycles. The third kappa shape index (κ3) is 1.89. The Labute approximate surface area is 175 Å². The van der Waals surface area contributed by atoms with Gasteiger partial charge in [0.2, 0.25) is 5.91 Å². The van der Waals surface area contributed by atoms with Gasteiger partial charge < -0.3 is 19.5 Å². The van der Waals surface area contributed by atoms with Gasteiger partial charge in [-0.1, -0.05) is 11.6 Å². The Morgan fingerprint density at radius 1 is 1.34 bits per heavy atom. The summed E-state index contributed by atoms with van der Waals surface area (Å²) in [7, 11) is 1.59. The summed E-state index contributed by atoms with van der Waals surface area (Å²) in [5.41, 5.74) is 3.54. The molecule has 6 nitrogen and oxygen atoms in total. The van der Waals surface area contributed by atoms with Crippen molar-refractivity contribution in [2.75, 3.05) is 31.7 Å². The molecule has 7 heteroatoms. The number of methoxy groups -OCH3 is 1. The van der Waals surface area contributed by atoms with Gasteiger partial charge in [-0.25, -0.2) is 0 Å². The second-order valence-electron chi connectivity index (χ2n) is 9.30. The van der Waals surface area contributed by atoms with E-state index in [9.17, 15) is 9.90 Å². The van der Waals surface area contributed by atoms with Crippen molar-refractivity contribution in [3.05, 3.63) is 29.3 Å². The number of benzene rings is 1. The van der Waals surface area contributed by atoms with Crippen LogP contribution in [0.4, 0.5) is 5.69 Å². The summed E-state index contributed by atoms with van der Waals surface area (Å²) in [5.74, 6) is 1.59. The van der Waals surface area contributed by atoms with Gasteiger partial charge in [-0.3, -0.25) is 9.69 Å². The Hall–Kier alpha value is -1.76. The Bertz CT molecular complexity index is 964. The molecule has 1 aromatic rings. The molecule has 4 fully saturated rings. The quantitative estimate of drug-likeness (QED) is 0.711. The molecule has 154 valence electrons. The van der Waals surface area contributed by atoms with E-state index < -0.39 is 0 Å². The number of phenolic OH excluding ortho intramolecular Hbond substituents is 1. The molecule has 0 unspecified atom stereocenters. The zero-order chi connectivity index (χ0) is 18.8. The number of carbonyl (C=O) groups excluding carboxylic acids is 1. The van der Waals surface area contributed by atoms with Crippen molar-refractivity contribution in [2.45, 2.75) is 42.9 Å². The van der Waals surface area contributed by atoms with Crippen LogP contribution in [0.5, 0.6) is 11.5 Å². The summed E-state index contributed by atoms with van der Waals surface area (Å²) in [6.07, 6.45) is 4.93. The van der Waals surface area contributed by atoms with Crippen LogP contribution in [0.2, 0.25) is 0 Å². The first-order valence-electron chi connectivity index (χ1n) is 10.4. The number of amides is 1. The molecule has 29 heavy (non-hydrogen) atoms. The van der Waals surface area contributed by atoms with Crippen LogP contribution in [0.3, 0.4) is 0 Å². The van der Waals surface area contributed by atoms with Crippen molar-refractivity contribution in [3.63, 3.8) is 0 Å². The minimum absolute atomic E-state index is 0. The smallest absolute Gasteiger partial charge is 0.229 e. The van der Waals surface area contributed by atoms with Crippen molar-refractivity contribution in [2.24, 2.45) is 11.8 Å². The second-order valence-corrected chi connectivity index (χ2v) is 9.30. The van der Waals surface area contributed by atoms with Crippen molar-refractivity contribution >= 4 is 24.0 Å². The number of phenols is 1. The highest BCUT2D eigenvalue weighted by atomic mass is 35.5. The molecule has 1 aromatic carbocycles. The standard InChI is InChI=1S/C22H24N2O4.ClH/c1-27-16-7-13-14(8-15(16)25)24-19(26)9-17-20-12-6-18-22(13,21(20)24)3-4-23(18)10-11(12)2-5-28-17;/h2,7-8,12,17-18,20-21,25H,3-6,9-10H2,1H3;1H/t12-,17-,18-,20-,21-,22+;/m0./s1. The van der Waals surface area contributed by atoms with Gasteiger partial charge in [0.05, 0.1) is 38.0 Å². The van der Waals surface area contributed by atoms with Crippen LogP contribution >= 0.6 is 12.4 Å². The Balaban J connectivity index is 0.00000165. The fourth-order valence-corrected chi connectivity index (χ4v) is 7.72. The van der Waals surface area contributed by atoms with Crippen LogP contribution in [-0.4, -0.2) is 60.9 Å². The lowest BCUT2D eigenvalue weighted by Gasteiger charge is -2.58. The van der Waals surface area contributed by atoms with E-state index >= 15 is 0 Å². The van der Waals surface area contributed by atoms with E-state index in [1.165, 1.54) is 11.1 Å². The molecule has 0 radical (unpaired) electrons. The van der Waals surface area contributed by atoms with E-state index in [4.69, 9.17) is 9.47 Å². The molecular weight excluding hydrogens is 392 g/mol. The van der Waals surface area contributed by atoms with Gasteiger partial charge >= 0.3 is 0 Å². The highest BCUT2D eigenvalue weighted by molar-refractivity contribution is 5.99. The van der Waals surface area contributed by atoms with E-state index in [-0.39, 0.29) is 41.6 Å². The fourth-order valence-electron chi connectivity index (χ4n) is 7.72. The maximum absolute atomic E-state index is 13.3. The average molecular weight is 417 g/mol. The summed E-state index contributed by atoms with van der Waals surface area (Å²) >= 11 is 0. The minimum Gasteiger partial charge on any atom is -0.504 e. The second kappa shape index (κ2) is 5.68.